The molecule has 106 valence electrons. The van der Waals surface area contributed by atoms with Crippen LogP contribution in [0.3, 0.4) is 0 Å². The van der Waals surface area contributed by atoms with Crippen molar-refractivity contribution in [2.24, 2.45) is 5.92 Å². The van der Waals surface area contributed by atoms with Crippen molar-refractivity contribution in [3.63, 3.8) is 0 Å². The number of hydrogen-bond acceptors (Lipinski definition) is 3. The Morgan fingerprint density at radius 3 is 2.58 bits per heavy atom. The number of anilines is 1. The van der Waals surface area contributed by atoms with Crippen molar-refractivity contribution in [2.45, 2.75) is 45.2 Å². The molecule has 1 aromatic rings. The Kier molecular flexibility index (Phi) is 4.70. The molecule has 1 aromatic carbocycles. The van der Waals surface area contributed by atoms with Gasteiger partial charge in [-0.05, 0) is 62.4 Å². The molecule has 0 heterocycles. The highest BCUT2D eigenvalue weighted by Gasteiger charge is 2.22. The van der Waals surface area contributed by atoms with Crippen molar-refractivity contribution >= 4 is 5.69 Å². The van der Waals surface area contributed by atoms with Crippen LogP contribution in [0.1, 0.15) is 38.2 Å². The van der Waals surface area contributed by atoms with E-state index in [2.05, 4.69) is 24.9 Å². The molecule has 0 aliphatic heterocycles. The highest BCUT2D eigenvalue weighted by molar-refractivity contribution is 5.50. The topological polar surface area (TPSA) is 38.5 Å². The molecule has 0 spiro atoms. The van der Waals surface area contributed by atoms with Gasteiger partial charge in [-0.2, -0.15) is 0 Å². The van der Waals surface area contributed by atoms with Crippen LogP contribution in [0.15, 0.2) is 18.2 Å². The van der Waals surface area contributed by atoms with Gasteiger partial charge >= 0.3 is 0 Å². The number of ether oxygens (including phenoxy) is 1. The second kappa shape index (κ2) is 6.29. The van der Waals surface area contributed by atoms with Gasteiger partial charge in [0.2, 0.25) is 0 Å². The average molecular weight is 262 g/mol. The zero-order valence-electron chi connectivity index (χ0n) is 12.4. The van der Waals surface area contributed by atoms with E-state index in [-0.39, 0.29) is 0 Å². The molecule has 3 nitrogen and oxygen atoms in total. The largest absolute Gasteiger partial charge is 0.497 e. The molecule has 3 heteroatoms. The third kappa shape index (κ3) is 3.63. The summed E-state index contributed by atoms with van der Waals surface area (Å²) in [7, 11) is 3.90. The summed E-state index contributed by atoms with van der Waals surface area (Å²) >= 11 is 0. The van der Waals surface area contributed by atoms with Crippen LogP contribution in [0.25, 0.3) is 0 Å². The molecule has 1 fully saturated rings. The third-order valence-electron chi connectivity index (χ3n) is 4.38. The predicted molar refractivity (Wildman–Crippen MR) is 80.3 cm³/mol. The monoisotopic (exact) mass is 262 g/mol. The maximum absolute atomic E-state index is 6.06. The highest BCUT2D eigenvalue weighted by atomic mass is 16.5. The van der Waals surface area contributed by atoms with E-state index >= 15 is 0 Å². The van der Waals surface area contributed by atoms with E-state index in [1.165, 1.54) is 31.2 Å². The summed E-state index contributed by atoms with van der Waals surface area (Å²) in [5.41, 5.74) is 8.09. The summed E-state index contributed by atoms with van der Waals surface area (Å²) in [6.45, 7) is 3.26. The lowest BCUT2D eigenvalue weighted by Gasteiger charge is -2.33. The maximum Gasteiger partial charge on any atom is 0.119 e. The summed E-state index contributed by atoms with van der Waals surface area (Å²) in [5, 5.41) is 0. The van der Waals surface area contributed by atoms with Crippen molar-refractivity contribution in [3.8, 4) is 5.75 Å². The first-order valence-electron chi connectivity index (χ1n) is 7.22. The van der Waals surface area contributed by atoms with Gasteiger partial charge in [-0.15, -0.1) is 0 Å². The molecule has 2 rings (SSSR count). The first kappa shape index (κ1) is 14.2. The molecular formula is C16H26N2O. The van der Waals surface area contributed by atoms with Gasteiger partial charge in [0.15, 0.2) is 0 Å². The second-order valence-corrected chi connectivity index (χ2v) is 5.89. The molecule has 0 bridgehead atoms. The number of nitrogens with two attached hydrogens (primary N) is 1. The standard InChI is InChI=1S/C16H26N2O/c1-12-4-6-14(7-5-12)18(2)11-13-10-15(19-3)8-9-16(13)17/h8-10,12,14H,4-7,11,17H2,1-3H3. The molecule has 1 saturated carbocycles. The normalized spacial score (nSPS) is 23.6. The first-order chi connectivity index (χ1) is 9.10. The van der Waals surface area contributed by atoms with Crippen LogP contribution in [0, 0.1) is 5.92 Å². The predicted octanol–water partition coefficient (Wildman–Crippen LogP) is 3.29. The van der Waals surface area contributed by atoms with Gasteiger partial charge in [0.1, 0.15) is 5.75 Å². The van der Waals surface area contributed by atoms with E-state index in [1.54, 1.807) is 7.11 Å². The third-order valence-corrected chi connectivity index (χ3v) is 4.38. The Morgan fingerprint density at radius 1 is 1.26 bits per heavy atom. The van der Waals surface area contributed by atoms with Gasteiger partial charge in [-0.1, -0.05) is 6.92 Å². The Balaban J connectivity index is 2.00. The summed E-state index contributed by atoms with van der Waals surface area (Å²) in [6, 6.07) is 6.60. The van der Waals surface area contributed by atoms with E-state index < -0.39 is 0 Å². The molecule has 0 aromatic heterocycles. The van der Waals surface area contributed by atoms with Crippen molar-refractivity contribution in [3.05, 3.63) is 23.8 Å². The van der Waals surface area contributed by atoms with Crippen molar-refractivity contribution in [1.82, 2.24) is 4.90 Å². The molecule has 19 heavy (non-hydrogen) atoms. The van der Waals surface area contributed by atoms with Gasteiger partial charge in [0.05, 0.1) is 7.11 Å². The Bertz CT molecular complexity index is 411. The average Bonchev–Trinajstić information content (AvgIpc) is 2.42. The van der Waals surface area contributed by atoms with Gasteiger partial charge in [0, 0.05) is 18.3 Å². The zero-order chi connectivity index (χ0) is 13.8. The van der Waals surface area contributed by atoms with Crippen molar-refractivity contribution < 1.29 is 4.74 Å². The van der Waals surface area contributed by atoms with Crippen LogP contribution in [0.4, 0.5) is 5.69 Å². The van der Waals surface area contributed by atoms with Crippen molar-refractivity contribution in [2.75, 3.05) is 19.9 Å². The Hall–Kier alpha value is -1.22. The molecular weight excluding hydrogens is 236 g/mol. The van der Waals surface area contributed by atoms with Crippen LogP contribution in [-0.4, -0.2) is 25.1 Å². The quantitative estimate of drug-likeness (QED) is 0.846. The van der Waals surface area contributed by atoms with E-state index in [9.17, 15) is 0 Å². The van der Waals surface area contributed by atoms with Crippen LogP contribution in [-0.2, 0) is 6.54 Å². The SMILES string of the molecule is COc1ccc(N)c(CN(C)C2CCC(C)CC2)c1. The minimum atomic E-state index is 0.696. The van der Waals surface area contributed by atoms with Crippen LogP contribution in [0.2, 0.25) is 0 Å². The Labute approximate surface area is 116 Å². The fourth-order valence-corrected chi connectivity index (χ4v) is 2.93. The van der Waals surface area contributed by atoms with Gasteiger partial charge in [0.25, 0.3) is 0 Å². The van der Waals surface area contributed by atoms with Crippen molar-refractivity contribution in [1.29, 1.82) is 0 Å². The van der Waals surface area contributed by atoms with E-state index in [1.807, 2.05) is 12.1 Å². The molecule has 0 amide bonds. The van der Waals surface area contributed by atoms with Crippen LogP contribution in [0.5, 0.6) is 5.75 Å². The smallest absolute Gasteiger partial charge is 0.119 e. The van der Waals surface area contributed by atoms with E-state index in [4.69, 9.17) is 10.5 Å². The molecule has 2 N–H and O–H groups in total. The summed E-state index contributed by atoms with van der Waals surface area (Å²) in [4.78, 5) is 2.44. The molecule has 1 aliphatic rings. The number of hydrogen-bond donors (Lipinski definition) is 1. The maximum atomic E-state index is 6.06. The highest BCUT2D eigenvalue weighted by Crippen LogP contribution is 2.28. The van der Waals surface area contributed by atoms with Gasteiger partial charge in [-0.3, -0.25) is 4.90 Å². The molecule has 0 unspecified atom stereocenters. The minimum absolute atomic E-state index is 0.696. The summed E-state index contributed by atoms with van der Waals surface area (Å²) < 4.78 is 5.28. The minimum Gasteiger partial charge on any atom is -0.497 e. The van der Waals surface area contributed by atoms with Gasteiger partial charge < -0.3 is 10.5 Å². The van der Waals surface area contributed by atoms with E-state index in [0.29, 0.717) is 6.04 Å². The number of nitrogens with zero attached hydrogens (tertiary/aromatic N) is 1. The second-order valence-electron chi connectivity index (χ2n) is 5.89. The fraction of sp³-hybridized carbons (Fsp3) is 0.625. The van der Waals surface area contributed by atoms with Crippen LogP contribution >= 0.6 is 0 Å². The molecule has 0 atom stereocenters. The van der Waals surface area contributed by atoms with Crippen LogP contribution < -0.4 is 10.5 Å². The number of rotatable bonds is 4. The number of benzene rings is 1. The lowest BCUT2D eigenvalue weighted by atomic mass is 9.86. The molecule has 1 aliphatic carbocycles. The molecule has 0 saturated heterocycles. The number of methoxy groups -OCH3 is 1. The molecule has 0 radical (unpaired) electrons. The first-order valence-corrected chi connectivity index (χ1v) is 7.22. The summed E-state index contributed by atoms with van der Waals surface area (Å²) in [6.07, 6.45) is 5.31. The fourth-order valence-electron chi connectivity index (χ4n) is 2.93. The number of nitrogen functional groups attached to an aromatic ring is 1. The Morgan fingerprint density at radius 2 is 1.95 bits per heavy atom. The lowest BCUT2D eigenvalue weighted by Crippen LogP contribution is -2.34. The lowest BCUT2D eigenvalue weighted by molar-refractivity contribution is 0.164. The van der Waals surface area contributed by atoms with E-state index in [0.717, 1.165) is 23.9 Å². The zero-order valence-corrected chi connectivity index (χ0v) is 12.4. The van der Waals surface area contributed by atoms with Gasteiger partial charge in [-0.25, -0.2) is 0 Å². The summed E-state index contributed by atoms with van der Waals surface area (Å²) in [5.74, 6) is 1.78.